The van der Waals surface area contributed by atoms with E-state index in [1.807, 2.05) is 67.6 Å². The summed E-state index contributed by atoms with van der Waals surface area (Å²) in [5, 5.41) is 6.19. The molecule has 0 radical (unpaired) electrons. The van der Waals surface area contributed by atoms with Gasteiger partial charge < -0.3 is 19.6 Å². The number of benzene rings is 3. The van der Waals surface area contributed by atoms with Crippen LogP contribution in [0.25, 0.3) is 0 Å². The number of hydrogen-bond donors (Lipinski definition) is 1. The molecule has 3 aromatic carbocycles. The molecular weight excluding hydrogens is 651 g/mol. The van der Waals surface area contributed by atoms with Crippen LogP contribution in [0.3, 0.4) is 0 Å². The van der Waals surface area contributed by atoms with E-state index < -0.39 is 53.5 Å². The number of oxime groups is 1. The molecule has 0 saturated carbocycles. The second kappa shape index (κ2) is 15.6. The fourth-order valence-corrected chi connectivity index (χ4v) is 7.56. The van der Waals surface area contributed by atoms with Crippen molar-refractivity contribution in [3.8, 4) is 0 Å². The molecule has 250 valence electrons. The highest BCUT2D eigenvalue weighted by Crippen LogP contribution is 2.44. The van der Waals surface area contributed by atoms with Crippen LogP contribution in [0.2, 0.25) is 0 Å². The zero-order valence-corrected chi connectivity index (χ0v) is 28.7. The molecule has 48 heavy (non-hydrogen) atoms. The molecule has 2 aliphatic rings. The van der Waals surface area contributed by atoms with Crippen LogP contribution in [0, 0.1) is 0 Å². The van der Waals surface area contributed by atoms with Crippen LogP contribution in [0.1, 0.15) is 50.5 Å². The Balaban J connectivity index is 1.35. The van der Waals surface area contributed by atoms with Gasteiger partial charge in [0.15, 0.2) is 11.8 Å². The lowest BCUT2D eigenvalue weighted by atomic mass is 10.0. The number of amides is 2. The van der Waals surface area contributed by atoms with Gasteiger partial charge >= 0.3 is 11.9 Å². The van der Waals surface area contributed by atoms with Crippen molar-refractivity contribution in [3.63, 3.8) is 0 Å². The summed E-state index contributed by atoms with van der Waals surface area (Å²) in [7, 11) is 0. The molecule has 2 aliphatic heterocycles. The number of thioether (sulfide) groups is 2. The lowest BCUT2D eigenvalue weighted by molar-refractivity contribution is -0.160. The van der Waals surface area contributed by atoms with Gasteiger partial charge in [-0.1, -0.05) is 103 Å². The van der Waals surface area contributed by atoms with Crippen LogP contribution in [0.5, 0.6) is 0 Å². The maximum atomic E-state index is 14.0. The number of rotatable bonds is 12. The Kier molecular flexibility index (Phi) is 11.3. The molecule has 10 nitrogen and oxygen atoms in total. The zero-order valence-electron chi connectivity index (χ0n) is 27.1. The molecular formula is C36H37N3O7S2. The lowest BCUT2D eigenvalue weighted by Gasteiger charge is -2.49. The lowest BCUT2D eigenvalue weighted by Crippen LogP contribution is -2.71. The van der Waals surface area contributed by atoms with Crippen molar-refractivity contribution in [2.45, 2.75) is 50.8 Å². The second-order valence-corrected chi connectivity index (χ2v) is 14.3. The van der Waals surface area contributed by atoms with Crippen molar-refractivity contribution in [1.29, 1.82) is 0 Å². The molecule has 1 unspecified atom stereocenters. The normalized spacial score (nSPS) is 17.7. The summed E-state index contributed by atoms with van der Waals surface area (Å²) >= 11 is 2.94. The molecule has 2 atom stereocenters. The Labute approximate surface area is 288 Å². The molecule has 1 saturated heterocycles. The topological polar surface area (TPSA) is 124 Å². The Morgan fingerprint density at radius 2 is 1.54 bits per heavy atom. The minimum atomic E-state index is -0.933. The summed E-state index contributed by atoms with van der Waals surface area (Å²) in [5.41, 5.74) is 1.39. The molecule has 3 aromatic rings. The minimum Gasteiger partial charge on any atom is -0.457 e. The van der Waals surface area contributed by atoms with Crippen molar-refractivity contribution < 1.29 is 33.5 Å². The number of β-lactam (4-membered cyclic amide) rings is 1. The highest BCUT2D eigenvalue weighted by atomic mass is 32.2. The number of nitrogens with one attached hydrogen (secondary N) is 1. The maximum absolute atomic E-state index is 14.0. The summed E-state index contributed by atoms with van der Waals surface area (Å²) in [6.45, 7) is 6.66. The highest BCUT2D eigenvalue weighted by molar-refractivity contribution is 8.06. The first-order chi connectivity index (χ1) is 23.1. The van der Waals surface area contributed by atoms with E-state index in [0.717, 1.165) is 16.0 Å². The molecule has 1 N–H and O–H groups in total. The van der Waals surface area contributed by atoms with E-state index in [1.165, 1.54) is 28.4 Å². The van der Waals surface area contributed by atoms with Crippen LogP contribution in [-0.2, 0) is 33.5 Å². The Hall–Kier alpha value is -4.55. The van der Waals surface area contributed by atoms with E-state index in [0.29, 0.717) is 17.1 Å². The predicted molar refractivity (Wildman–Crippen MR) is 186 cm³/mol. The highest BCUT2D eigenvalue weighted by Gasteiger charge is 2.55. The first-order valence-corrected chi connectivity index (χ1v) is 17.5. The van der Waals surface area contributed by atoms with Gasteiger partial charge in [0.25, 0.3) is 11.8 Å². The predicted octanol–water partition coefficient (Wildman–Crippen LogP) is 5.45. The maximum Gasteiger partial charge on any atom is 0.356 e. The molecule has 2 heterocycles. The van der Waals surface area contributed by atoms with Gasteiger partial charge in [0.2, 0.25) is 6.61 Å². The average Bonchev–Trinajstić information content (AvgIpc) is 3.08. The third-order valence-corrected chi connectivity index (χ3v) is 9.62. The van der Waals surface area contributed by atoms with E-state index >= 15 is 0 Å². The van der Waals surface area contributed by atoms with Crippen LogP contribution in [-0.4, -0.2) is 69.5 Å². The number of fused-ring (bicyclic) bond motifs is 1. The number of carbonyl (C=O) groups excluding carboxylic acids is 4. The summed E-state index contributed by atoms with van der Waals surface area (Å²) in [4.78, 5) is 60.9. The van der Waals surface area contributed by atoms with E-state index in [2.05, 4.69) is 10.5 Å². The van der Waals surface area contributed by atoms with E-state index in [4.69, 9.17) is 14.3 Å². The zero-order chi connectivity index (χ0) is 34.3. The molecule has 5 rings (SSSR count). The van der Waals surface area contributed by atoms with Crippen molar-refractivity contribution in [3.05, 3.63) is 118 Å². The van der Waals surface area contributed by atoms with Gasteiger partial charge in [-0.2, -0.15) is 0 Å². The Morgan fingerprint density at radius 1 is 0.958 bits per heavy atom. The van der Waals surface area contributed by atoms with E-state index in [9.17, 15) is 19.2 Å². The third-order valence-electron chi connectivity index (χ3n) is 7.18. The van der Waals surface area contributed by atoms with Crippen molar-refractivity contribution in [2.24, 2.45) is 5.16 Å². The molecule has 0 aromatic heterocycles. The van der Waals surface area contributed by atoms with Gasteiger partial charge in [-0.3, -0.25) is 14.5 Å². The van der Waals surface area contributed by atoms with Crippen molar-refractivity contribution >= 4 is 53.0 Å². The molecule has 0 aliphatic carbocycles. The van der Waals surface area contributed by atoms with Gasteiger partial charge in [-0.05, 0) is 37.7 Å². The van der Waals surface area contributed by atoms with Crippen LogP contribution in [0.15, 0.2) is 107 Å². The average molecular weight is 688 g/mol. The van der Waals surface area contributed by atoms with Gasteiger partial charge in [0.1, 0.15) is 22.7 Å². The number of esters is 2. The van der Waals surface area contributed by atoms with Gasteiger partial charge in [-0.25, -0.2) is 9.59 Å². The van der Waals surface area contributed by atoms with Gasteiger partial charge in [-0.15, -0.1) is 23.5 Å². The summed E-state index contributed by atoms with van der Waals surface area (Å²) in [5.74, 6) is -1.21. The van der Waals surface area contributed by atoms with E-state index in [1.54, 1.807) is 51.1 Å². The minimum absolute atomic E-state index is 0.114. The molecule has 2 amide bonds. The number of hydrogen-bond acceptors (Lipinski definition) is 10. The quantitative estimate of drug-likeness (QED) is 0.115. The first-order valence-electron chi connectivity index (χ1n) is 15.5. The Bertz CT molecular complexity index is 1650. The van der Waals surface area contributed by atoms with Gasteiger partial charge in [0, 0.05) is 16.2 Å². The van der Waals surface area contributed by atoms with Gasteiger partial charge in [0.05, 0.1) is 0 Å². The molecule has 0 spiro atoms. The number of nitrogens with zero attached hydrogens (tertiary/aromatic N) is 2. The summed E-state index contributed by atoms with van der Waals surface area (Å²) in [6.07, 6.45) is -0.689. The SMILES string of the molecule is CCSC1=C(C(=O)OC(c2ccccc2)c2ccccc2)N2C(=O)C(NC(=O)C(=NOCC(=O)OC(C)(C)C)c3ccccc3)[C@@H]2SC1. The monoisotopic (exact) mass is 687 g/mol. The second-order valence-electron chi connectivity index (χ2n) is 11.8. The fraction of sp³-hybridized carbons (Fsp3) is 0.306. The fourth-order valence-electron chi connectivity index (χ4n) is 5.16. The third kappa shape index (κ3) is 8.29. The smallest absolute Gasteiger partial charge is 0.356 e. The van der Waals surface area contributed by atoms with Crippen molar-refractivity contribution in [2.75, 3.05) is 18.1 Å². The molecule has 0 bridgehead atoms. The van der Waals surface area contributed by atoms with Crippen LogP contribution in [0.4, 0.5) is 0 Å². The van der Waals surface area contributed by atoms with Crippen LogP contribution >= 0.6 is 23.5 Å². The number of carbonyl (C=O) groups is 4. The summed E-state index contributed by atoms with van der Waals surface area (Å²) in [6, 6.07) is 26.5. The number of ether oxygens (including phenoxy) is 2. The first kappa shape index (κ1) is 34.8. The van der Waals surface area contributed by atoms with E-state index in [-0.39, 0.29) is 11.4 Å². The van der Waals surface area contributed by atoms with Crippen LogP contribution < -0.4 is 5.32 Å². The summed E-state index contributed by atoms with van der Waals surface area (Å²) < 4.78 is 11.4. The Morgan fingerprint density at radius 3 is 2.10 bits per heavy atom. The molecule has 1 fully saturated rings. The largest absolute Gasteiger partial charge is 0.457 e. The van der Waals surface area contributed by atoms with Crippen molar-refractivity contribution in [1.82, 2.24) is 10.2 Å². The standard InChI is InChI=1S/C36H37N3O7S2/c1-5-47-26-22-48-34-29(37-32(41)28(23-15-9-6-10-16-23)38-44-21-27(40)46-36(2,3)4)33(42)39(34)30(26)35(43)45-31(24-17-11-7-12-18-24)25-19-13-8-14-20-25/h6-20,29,31,34H,5,21-22H2,1-4H3,(H,37,41)/t29?,34-/m0/s1. The molecule has 12 heteroatoms.